The first kappa shape index (κ1) is 27.5. The van der Waals surface area contributed by atoms with E-state index in [-0.39, 0.29) is 23.2 Å². The third-order valence-electron chi connectivity index (χ3n) is 7.94. The van der Waals surface area contributed by atoms with Gasteiger partial charge in [-0.3, -0.25) is 9.69 Å². The van der Waals surface area contributed by atoms with Crippen molar-refractivity contribution in [2.75, 3.05) is 18.4 Å². The molecule has 0 aliphatic carbocycles. The van der Waals surface area contributed by atoms with Gasteiger partial charge in [0.25, 0.3) is 5.91 Å². The molecule has 222 valence electrons. The van der Waals surface area contributed by atoms with Gasteiger partial charge >= 0.3 is 0 Å². The van der Waals surface area contributed by atoms with Crippen molar-refractivity contribution in [3.8, 4) is 22.6 Å². The highest BCUT2D eigenvalue weighted by Gasteiger charge is 2.26. The molecule has 6 aromatic rings. The topological polar surface area (TPSA) is 111 Å². The minimum atomic E-state index is -0.744. The van der Waals surface area contributed by atoms with E-state index in [1.165, 1.54) is 24.4 Å². The van der Waals surface area contributed by atoms with Gasteiger partial charge in [0.15, 0.2) is 11.5 Å². The molecule has 1 aliphatic rings. The third-order valence-corrected chi connectivity index (χ3v) is 7.94. The number of imidazole rings is 3. The average Bonchev–Trinajstić information content (AvgIpc) is 3.76. The van der Waals surface area contributed by atoms with E-state index >= 15 is 0 Å². The molecular formula is C31H28F2N10O. The molecule has 0 atom stereocenters. The fourth-order valence-corrected chi connectivity index (χ4v) is 5.62. The number of nitrogens with zero attached hydrogens (tertiary/aromatic N) is 9. The zero-order valence-corrected chi connectivity index (χ0v) is 23.8. The summed E-state index contributed by atoms with van der Waals surface area (Å²) in [6, 6.07) is 12.6. The Morgan fingerprint density at radius 1 is 1.00 bits per heavy atom. The molecule has 11 nitrogen and oxygen atoms in total. The molecule has 1 fully saturated rings. The Bertz CT molecular complexity index is 1950. The first-order valence-corrected chi connectivity index (χ1v) is 14.2. The minimum Gasteiger partial charge on any atom is -0.337 e. The number of carbonyl (C=O) groups excluding carboxylic acids is 1. The van der Waals surface area contributed by atoms with Crippen LogP contribution in [-0.4, -0.2) is 62.6 Å². The number of aryl methyl sites for hydroxylation is 1. The highest BCUT2D eigenvalue weighted by atomic mass is 19.1. The van der Waals surface area contributed by atoms with Crippen LogP contribution in [0.1, 0.15) is 35.1 Å². The lowest BCUT2D eigenvalue weighted by molar-refractivity contribution is 0.102. The number of nitrogens with one attached hydrogen (secondary N) is 1. The number of benzene rings is 1. The van der Waals surface area contributed by atoms with E-state index in [0.29, 0.717) is 17.0 Å². The lowest BCUT2D eigenvalue weighted by Gasteiger charge is -2.33. The van der Waals surface area contributed by atoms with Crippen LogP contribution < -0.4 is 5.32 Å². The number of hydrogen-bond donors (Lipinski definition) is 1. The summed E-state index contributed by atoms with van der Waals surface area (Å²) >= 11 is 0. The maximum absolute atomic E-state index is 13.8. The zero-order chi connectivity index (χ0) is 30.2. The maximum atomic E-state index is 13.8. The summed E-state index contributed by atoms with van der Waals surface area (Å²) in [4.78, 5) is 32.2. The van der Waals surface area contributed by atoms with E-state index in [2.05, 4.69) is 29.7 Å². The van der Waals surface area contributed by atoms with Crippen molar-refractivity contribution < 1.29 is 13.6 Å². The van der Waals surface area contributed by atoms with Crippen LogP contribution in [0.2, 0.25) is 0 Å². The van der Waals surface area contributed by atoms with Crippen LogP contribution in [0.4, 0.5) is 14.6 Å². The van der Waals surface area contributed by atoms with E-state index in [1.807, 2.05) is 42.5 Å². The van der Waals surface area contributed by atoms with Crippen LogP contribution >= 0.6 is 0 Å². The number of anilines is 1. The summed E-state index contributed by atoms with van der Waals surface area (Å²) in [6.45, 7) is 2.60. The first-order valence-electron chi connectivity index (χ1n) is 14.2. The third kappa shape index (κ3) is 5.44. The Balaban J connectivity index is 1.19. The number of halogens is 2. The van der Waals surface area contributed by atoms with Gasteiger partial charge in [0, 0.05) is 62.0 Å². The number of carbonyl (C=O) groups is 1. The van der Waals surface area contributed by atoms with Crippen molar-refractivity contribution >= 4 is 17.4 Å². The Morgan fingerprint density at radius 2 is 1.82 bits per heavy atom. The molecule has 1 aromatic carbocycles. The van der Waals surface area contributed by atoms with Crippen molar-refractivity contribution in [2.24, 2.45) is 7.05 Å². The number of likely N-dealkylation sites (tertiary alicyclic amines) is 1. The van der Waals surface area contributed by atoms with Crippen molar-refractivity contribution in [1.29, 1.82) is 0 Å². The van der Waals surface area contributed by atoms with Crippen molar-refractivity contribution in [1.82, 2.24) is 43.6 Å². The fraction of sp³-hybridized carbons (Fsp3) is 0.226. The summed E-state index contributed by atoms with van der Waals surface area (Å²) in [5.74, 6) is -0.278. The van der Waals surface area contributed by atoms with Gasteiger partial charge in [0.1, 0.15) is 17.3 Å². The summed E-state index contributed by atoms with van der Waals surface area (Å²) in [5, 5.41) is 7.53. The van der Waals surface area contributed by atoms with Crippen molar-refractivity contribution in [2.45, 2.75) is 25.4 Å². The molecule has 1 N–H and O–H groups in total. The molecule has 44 heavy (non-hydrogen) atoms. The van der Waals surface area contributed by atoms with Gasteiger partial charge < -0.3 is 14.5 Å². The van der Waals surface area contributed by atoms with Crippen LogP contribution in [0.3, 0.4) is 0 Å². The van der Waals surface area contributed by atoms with E-state index in [0.717, 1.165) is 55.6 Å². The molecule has 0 radical (unpaired) electrons. The Hall–Kier alpha value is -5.30. The summed E-state index contributed by atoms with van der Waals surface area (Å²) in [5.41, 5.74) is 3.57. The van der Waals surface area contributed by atoms with Crippen LogP contribution in [0.15, 0.2) is 79.6 Å². The highest BCUT2D eigenvalue weighted by molar-refractivity contribution is 6.03. The lowest BCUT2D eigenvalue weighted by atomic mass is 10.0. The number of piperidine rings is 1. The van der Waals surface area contributed by atoms with E-state index in [4.69, 9.17) is 10.1 Å². The predicted molar refractivity (Wildman–Crippen MR) is 159 cm³/mol. The van der Waals surface area contributed by atoms with Gasteiger partial charge in [-0.25, -0.2) is 28.8 Å². The first-order chi connectivity index (χ1) is 21.4. The number of fused-ring (bicyclic) bond motifs is 1. The van der Waals surface area contributed by atoms with E-state index < -0.39 is 11.9 Å². The molecule has 13 heteroatoms. The Kier molecular flexibility index (Phi) is 7.14. The molecular weight excluding hydrogens is 566 g/mol. The molecule has 5 aromatic heterocycles. The molecule has 0 saturated carbocycles. The van der Waals surface area contributed by atoms with Crippen LogP contribution in [0, 0.1) is 11.8 Å². The summed E-state index contributed by atoms with van der Waals surface area (Å²) < 4.78 is 33.1. The van der Waals surface area contributed by atoms with Gasteiger partial charge in [-0.1, -0.05) is 0 Å². The number of aromatic nitrogens is 8. The zero-order valence-electron chi connectivity index (χ0n) is 23.8. The average molecular weight is 595 g/mol. The van der Waals surface area contributed by atoms with Crippen molar-refractivity contribution in [3.05, 3.63) is 103 Å². The van der Waals surface area contributed by atoms with Gasteiger partial charge in [-0.05, 0) is 55.3 Å². The van der Waals surface area contributed by atoms with E-state index in [1.54, 1.807) is 22.8 Å². The molecule has 1 amide bonds. The molecule has 1 saturated heterocycles. The maximum Gasteiger partial charge on any atom is 0.257 e. The van der Waals surface area contributed by atoms with Crippen LogP contribution in [0.25, 0.3) is 28.3 Å². The molecule has 0 spiro atoms. The molecule has 7 rings (SSSR count). The number of rotatable bonds is 7. The SMILES string of the molecule is Cn1ccnc1CN1CCC(n2cnc(-c3ccc(F)cc3)c2-c2ccc3nc(NC(=O)c4ccnc(F)c4)cn3n2)CC1. The molecule has 1 aliphatic heterocycles. The number of hydrogen-bond acceptors (Lipinski definition) is 7. The van der Waals surface area contributed by atoms with E-state index in [9.17, 15) is 13.6 Å². The quantitative estimate of drug-likeness (QED) is 0.266. The monoisotopic (exact) mass is 594 g/mol. The fourth-order valence-electron chi connectivity index (χ4n) is 5.62. The molecule has 0 bridgehead atoms. The van der Waals surface area contributed by atoms with Gasteiger partial charge in [0.2, 0.25) is 5.95 Å². The second kappa shape index (κ2) is 11.4. The molecule has 0 unspecified atom stereocenters. The predicted octanol–water partition coefficient (Wildman–Crippen LogP) is 4.76. The van der Waals surface area contributed by atoms with Crippen molar-refractivity contribution in [3.63, 3.8) is 0 Å². The lowest BCUT2D eigenvalue weighted by Crippen LogP contribution is -2.35. The van der Waals surface area contributed by atoms with Gasteiger partial charge in [-0.15, -0.1) is 0 Å². The Labute approximate surface area is 250 Å². The minimum absolute atomic E-state index is 0.127. The number of pyridine rings is 1. The second-order valence-corrected chi connectivity index (χ2v) is 10.8. The highest BCUT2D eigenvalue weighted by Crippen LogP contribution is 2.35. The number of amides is 1. The largest absolute Gasteiger partial charge is 0.337 e. The molecule has 6 heterocycles. The smallest absolute Gasteiger partial charge is 0.257 e. The van der Waals surface area contributed by atoms with Crippen LogP contribution in [-0.2, 0) is 13.6 Å². The summed E-state index contributed by atoms with van der Waals surface area (Å²) in [6.07, 6.45) is 10.3. The van der Waals surface area contributed by atoms with Crippen LogP contribution in [0.5, 0.6) is 0 Å². The Morgan fingerprint density at radius 3 is 2.57 bits per heavy atom. The standard InChI is InChI=1S/C31H28F2N10O/c1-40-15-12-35-28(40)18-41-13-9-23(10-14-41)42-19-36-29(20-2-4-22(32)5-3-20)30(42)24-6-7-27-37-26(17-43(27)39-24)38-31(44)21-8-11-34-25(33)16-21/h2-8,11-12,15-17,19,23H,9-10,13-14,18H2,1H3,(H,38,44). The normalized spacial score (nSPS) is 14.3. The van der Waals surface area contributed by atoms with Gasteiger partial charge in [-0.2, -0.15) is 9.49 Å². The summed E-state index contributed by atoms with van der Waals surface area (Å²) in [7, 11) is 2.01. The second-order valence-electron chi connectivity index (χ2n) is 10.8. The van der Waals surface area contributed by atoms with Gasteiger partial charge in [0.05, 0.1) is 30.5 Å².